The van der Waals surface area contributed by atoms with Gasteiger partial charge in [0.25, 0.3) is 0 Å². The van der Waals surface area contributed by atoms with Crippen molar-refractivity contribution in [1.82, 2.24) is 0 Å². The zero-order chi connectivity index (χ0) is 13.2. The van der Waals surface area contributed by atoms with E-state index in [2.05, 4.69) is 0 Å². The van der Waals surface area contributed by atoms with Gasteiger partial charge in [0.15, 0.2) is 0 Å². The van der Waals surface area contributed by atoms with Crippen LogP contribution in [-0.2, 0) is 6.61 Å². The predicted octanol–water partition coefficient (Wildman–Crippen LogP) is 3.73. The smallest absolute Gasteiger partial charge is 0.124 e. The molecule has 1 aliphatic rings. The third-order valence-corrected chi connectivity index (χ3v) is 3.69. The van der Waals surface area contributed by atoms with Gasteiger partial charge in [-0.3, -0.25) is 0 Å². The number of rotatable bonds is 4. The van der Waals surface area contributed by atoms with E-state index in [0.717, 1.165) is 17.7 Å². The fraction of sp³-hybridized carbons (Fsp3) is 0.250. The van der Waals surface area contributed by atoms with Crippen LogP contribution < -0.4 is 10.5 Å². The summed E-state index contributed by atoms with van der Waals surface area (Å²) < 4.78 is 5.91. The number of hydrogen-bond donors (Lipinski definition) is 1. The van der Waals surface area contributed by atoms with Gasteiger partial charge in [-0.15, -0.1) is 0 Å². The summed E-state index contributed by atoms with van der Waals surface area (Å²) in [4.78, 5) is 0. The molecule has 3 heteroatoms. The van der Waals surface area contributed by atoms with E-state index < -0.39 is 0 Å². The van der Waals surface area contributed by atoms with Crippen LogP contribution in [-0.4, -0.2) is 6.04 Å². The minimum Gasteiger partial charge on any atom is -0.489 e. The van der Waals surface area contributed by atoms with Crippen molar-refractivity contribution in [2.45, 2.75) is 25.0 Å². The first kappa shape index (κ1) is 12.5. The third kappa shape index (κ3) is 2.91. The largest absolute Gasteiger partial charge is 0.489 e. The SMILES string of the molecule is NC1CC1c1ccc(Cl)cc1OCc1ccccc1. The second kappa shape index (κ2) is 5.24. The molecule has 0 spiro atoms. The molecule has 0 bridgehead atoms. The van der Waals surface area contributed by atoms with Gasteiger partial charge in [0.2, 0.25) is 0 Å². The molecule has 2 atom stereocenters. The quantitative estimate of drug-likeness (QED) is 0.921. The van der Waals surface area contributed by atoms with E-state index in [4.69, 9.17) is 22.1 Å². The summed E-state index contributed by atoms with van der Waals surface area (Å²) >= 11 is 6.05. The molecule has 0 aliphatic heterocycles. The van der Waals surface area contributed by atoms with E-state index in [1.807, 2.05) is 48.5 Å². The summed E-state index contributed by atoms with van der Waals surface area (Å²) in [6, 6.07) is 16.2. The molecule has 2 N–H and O–H groups in total. The summed E-state index contributed by atoms with van der Waals surface area (Å²) in [6.45, 7) is 0.552. The van der Waals surface area contributed by atoms with Crippen LogP contribution in [0.2, 0.25) is 5.02 Å². The molecule has 2 aromatic carbocycles. The van der Waals surface area contributed by atoms with Crippen LogP contribution in [0.15, 0.2) is 48.5 Å². The minimum atomic E-state index is 0.264. The number of hydrogen-bond acceptors (Lipinski definition) is 2. The van der Waals surface area contributed by atoms with Crippen LogP contribution in [0.4, 0.5) is 0 Å². The Hall–Kier alpha value is -1.51. The lowest BCUT2D eigenvalue weighted by molar-refractivity contribution is 0.303. The molecule has 1 fully saturated rings. The molecule has 2 aromatic rings. The van der Waals surface area contributed by atoms with Gasteiger partial charge in [0.05, 0.1) is 0 Å². The highest BCUT2D eigenvalue weighted by Crippen LogP contribution is 2.44. The number of halogens is 1. The summed E-state index contributed by atoms with van der Waals surface area (Å²) in [5.74, 6) is 1.28. The fourth-order valence-corrected chi connectivity index (χ4v) is 2.41. The van der Waals surface area contributed by atoms with Crippen LogP contribution in [0.1, 0.15) is 23.5 Å². The first-order valence-electron chi connectivity index (χ1n) is 6.46. The van der Waals surface area contributed by atoms with E-state index in [9.17, 15) is 0 Å². The summed E-state index contributed by atoms with van der Waals surface area (Å²) in [7, 11) is 0. The maximum absolute atomic E-state index is 6.05. The highest BCUT2D eigenvalue weighted by molar-refractivity contribution is 6.30. The monoisotopic (exact) mass is 273 g/mol. The van der Waals surface area contributed by atoms with Gasteiger partial charge < -0.3 is 10.5 Å². The maximum Gasteiger partial charge on any atom is 0.124 e. The van der Waals surface area contributed by atoms with Gasteiger partial charge in [0, 0.05) is 17.0 Å². The van der Waals surface area contributed by atoms with Gasteiger partial charge in [-0.2, -0.15) is 0 Å². The molecule has 2 nitrogen and oxygen atoms in total. The Morgan fingerprint density at radius 1 is 1.16 bits per heavy atom. The molecule has 0 aromatic heterocycles. The van der Waals surface area contributed by atoms with Gasteiger partial charge in [0.1, 0.15) is 12.4 Å². The molecule has 19 heavy (non-hydrogen) atoms. The lowest BCUT2D eigenvalue weighted by atomic mass is 10.1. The molecule has 0 heterocycles. The van der Waals surface area contributed by atoms with Crippen molar-refractivity contribution in [3.05, 3.63) is 64.7 Å². The summed E-state index contributed by atoms with van der Waals surface area (Å²) in [5, 5.41) is 0.695. The van der Waals surface area contributed by atoms with Crippen molar-refractivity contribution in [3.63, 3.8) is 0 Å². The van der Waals surface area contributed by atoms with Crippen molar-refractivity contribution in [2.24, 2.45) is 5.73 Å². The maximum atomic E-state index is 6.05. The molecule has 0 radical (unpaired) electrons. The Kier molecular flexibility index (Phi) is 3.45. The average Bonchev–Trinajstić information content (AvgIpc) is 3.14. The zero-order valence-electron chi connectivity index (χ0n) is 10.6. The summed E-state index contributed by atoms with van der Waals surface area (Å²) in [6.07, 6.45) is 1.03. The van der Waals surface area contributed by atoms with Crippen molar-refractivity contribution in [3.8, 4) is 5.75 Å². The van der Waals surface area contributed by atoms with E-state index in [1.165, 1.54) is 5.56 Å². The molecule has 1 aliphatic carbocycles. The van der Waals surface area contributed by atoms with E-state index in [0.29, 0.717) is 17.5 Å². The predicted molar refractivity (Wildman–Crippen MR) is 77.6 cm³/mol. The summed E-state index contributed by atoms with van der Waals surface area (Å²) in [5.41, 5.74) is 8.24. The van der Waals surface area contributed by atoms with Gasteiger partial charge in [-0.25, -0.2) is 0 Å². The number of nitrogens with two attached hydrogens (primary N) is 1. The Morgan fingerprint density at radius 3 is 2.58 bits per heavy atom. The number of ether oxygens (including phenoxy) is 1. The van der Waals surface area contributed by atoms with Crippen molar-refractivity contribution in [2.75, 3.05) is 0 Å². The van der Waals surface area contributed by atoms with Crippen LogP contribution in [0.5, 0.6) is 5.75 Å². The minimum absolute atomic E-state index is 0.264. The van der Waals surface area contributed by atoms with Crippen LogP contribution in [0.3, 0.4) is 0 Å². The fourth-order valence-electron chi connectivity index (χ4n) is 2.25. The molecule has 0 amide bonds. The van der Waals surface area contributed by atoms with Crippen molar-refractivity contribution < 1.29 is 4.74 Å². The van der Waals surface area contributed by atoms with Crippen LogP contribution >= 0.6 is 11.6 Å². The normalized spacial score (nSPS) is 21.2. The molecule has 2 unspecified atom stereocenters. The van der Waals surface area contributed by atoms with Crippen LogP contribution in [0, 0.1) is 0 Å². The Labute approximate surface area is 118 Å². The lowest BCUT2D eigenvalue weighted by Gasteiger charge is -2.12. The van der Waals surface area contributed by atoms with Gasteiger partial charge in [-0.05, 0) is 29.7 Å². The Bertz CT molecular complexity index is 570. The van der Waals surface area contributed by atoms with Crippen molar-refractivity contribution >= 4 is 11.6 Å². The zero-order valence-corrected chi connectivity index (χ0v) is 11.3. The lowest BCUT2D eigenvalue weighted by Crippen LogP contribution is -2.03. The Morgan fingerprint density at radius 2 is 1.89 bits per heavy atom. The first-order valence-corrected chi connectivity index (χ1v) is 6.83. The standard InChI is InChI=1S/C16H16ClNO/c17-12-6-7-13(14-9-15(14)18)16(8-12)19-10-11-4-2-1-3-5-11/h1-8,14-15H,9-10,18H2. The number of benzene rings is 2. The highest BCUT2D eigenvalue weighted by Gasteiger charge is 2.36. The molecule has 1 saturated carbocycles. The molecule has 98 valence electrons. The highest BCUT2D eigenvalue weighted by atomic mass is 35.5. The van der Waals surface area contributed by atoms with Gasteiger partial charge >= 0.3 is 0 Å². The molecular formula is C16H16ClNO. The first-order chi connectivity index (χ1) is 9.24. The molecule has 0 saturated heterocycles. The Balaban J connectivity index is 1.78. The average molecular weight is 274 g/mol. The van der Waals surface area contributed by atoms with E-state index in [-0.39, 0.29) is 6.04 Å². The second-order valence-corrected chi connectivity index (χ2v) is 5.40. The second-order valence-electron chi connectivity index (χ2n) is 4.96. The van der Waals surface area contributed by atoms with E-state index in [1.54, 1.807) is 0 Å². The third-order valence-electron chi connectivity index (χ3n) is 3.45. The van der Waals surface area contributed by atoms with E-state index >= 15 is 0 Å². The molecule has 3 rings (SSSR count). The van der Waals surface area contributed by atoms with Crippen molar-refractivity contribution in [1.29, 1.82) is 0 Å². The van der Waals surface area contributed by atoms with Crippen LogP contribution in [0.25, 0.3) is 0 Å². The topological polar surface area (TPSA) is 35.2 Å². The molecular weight excluding hydrogens is 258 g/mol. The van der Waals surface area contributed by atoms with Gasteiger partial charge in [-0.1, -0.05) is 48.0 Å².